The molecule has 0 saturated carbocycles. The lowest BCUT2D eigenvalue weighted by Gasteiger charge is -2.30. The molecule has 2 aromatic heterocycles. The van der Waals surface area contributed by atoms with E-state index >= 15 is 0 Å². The molecule has 35 heavy (non-hydrogen) atoms. The van der Waals surface area contributed by atoms with Gasteiger partial charge in [-0.05, 0) is 18.9 Å². The fourth-order valence-electron chi connectivity index (χ4n) is 4.39. The van der Waals surface area contributed by atoms with Crippen LogP contribution in [0.1, 0.15) is 18.7 Å². The Bertz CT molecular complexity index is 1170. The predicted molar refractivity (Wildman–Crippen MR) is 140 cm³/mol. The van der Waals surface area contributed by atoms with Gasteiger partial charge in [-0.1, -0.05) is 24.3 Å². The molecule has 0 bridgehead atoms. The number of morpholine rings is 1. The van der Waals surface area contributed by atoms with E-state index in [1.807, 2.05) is 35.7 Å². The zero-order valence-corrected chi connectivity index (χ0v) is 21.1. The average Bonchev–Trinajstić information content (AvgIpc) is 3.31. The molecule has 0 spiro atoms. The SMILES string of the molecule is C=CCCC(O)CN(CCN1CCOCC1)Cc1nc2scc(-c3ccccc3OC)c2c(=O)[nH]1. The molecule has 3 aromatic rings. The third-order valence-electron chi connectivity index (χ3n) is 6.27. The van der Waals surface area contributed by atoms with E-state index in [-0.39, 0.29) is 5.56 Å². The summed E-state index contributed by atoms with van der Waals surface area (Å²) in [5.74, 6) is 1.33. The number of nitrogens with one attached hydrogen (secondary N) is 1. The molecule has 0 aliphatic carbocycles. The molecule has 1 atom stereocenters. The van der Waals surface area contributed by atoms with Crippen molar-refractivity contribution in [2.45, 2.75) is 25.5 Å². The number of nitrogens with zero attached hydrogens (tertiary/aromatic N) is 3. The number of aliphatic hydroxyl groups excluding tert-OH is 1. The van der Waals surface area contributed by atoms with Crippen molar-refractivity contribution in [1.82, 2.24) is 19.8 Å². The molecule has 8 nitrogen and oxygen atoms in total. The summed E-state index contributed by atoms with van der Waals surface area (Å²) in [7, 11) is 1.63. The number of rotatable bonds is 12. The van der Waals surface area contributed by atoms with E-state index in [9.17, 15) is 9.90 Å². The van der Waals surface area contributed by atoms with Gasteiger partial charge in [0.25, 0.3) is 5.56 Å². The minimum absolute atomic E-state index is 0.160. The van der Waals surface area contributed by atoms with Crippen molar-refractivity contribution in [2.75, 3.05) is 53.0 Å². The van der Waals surface area contributed by atoms with Gasteiger partial charge in [0.1, 0.15) is 16.4 Å². The van der Waals surface area contributed by atoms with Gasteiger partial charge in [-0.25, -0.2) is 4.98 Å². The van der Waals surface area contributed by atoms with E-state index in [4.69, 9.17) is 14.5 Å². The number of ether oxygens (including phenoxy) is 2. The van der Waals surface area contributed by atoms with Gasteiger partial charge in [0, 0.05) is 49.2 Å². The van der Waals surface area contributed by atoms with Crippen LogP contribution in [0.15, 0.2) is 47.1 Å². The average molecular weight is 499 g/mol. The first kappa shape index (κ1) is 25.5. The van der Waals surface area contributed by atoms with Gasteiger partial charge in [0.2, 0.25) is 0 Å². The maximum Gasteiger partial charge on any atom is 0.260 e. The van der Waals surface area contributed by atoms with Crippen LogP contribution >= 0.6 is 11.3 Å². The molecule has 1 fully saturated rings. The highest BCUT2D eigenvalue weighted by atomic mass is 32.1. The topological polar surface area (TPSA) is 90.9 Å². The highest BCUT2D eigenvalue weighted by Crippen LogP contribution is 2.36. The number of para-hydroxylation sites is 1. The molecular weight excluding hydrogens is 464 g/mol. The molecule has 1 saturated heterocycles. The lowest BCUT2D eigenvalue weighted by atomic mass is 10.1. The fraction of sp³-hybridized carbons (Fsp3) is 0.462. The number of benzene rings is 1. The summed E-state index contributed by atoms with van der Waals surface area (Å²) >= 11 is 1.46. The van der Waals surface area contributed by atoms with Crippen LogP contribution in [0.25, 0.3) is 21.3 Å². The molecule has 0 radical (unpaired) electrons. The van der Waals surface area contributed by atoms with E-state index in [1.165, 1.54) is 11.3 Å². The first-order valence-electron chi connectivity index (χ1n) is 12.0. The summed E-state index contributed by atoms with van der Waals surface area (Å²) in [4.78, 5) is 26.2. The lowest BCUT2D eigenvalue weighted by Crippen LogP contribution is -2.43. The largest absolute Gasteiger partial charge is 0.496 e. The second-order valence-electron chi connectivity index (χ2n) is 8.75. The minimum Gasteiger partial charge on any atom is -0.496 e. The lowest BCUT2D eigenvalue weighted by molar-refractivity contribution is 0.0285. The van der Waals surface area contributed by atoms with Crippen molar-refractivity contribution in [2.24, 2.45) is 0 Å². The maximum absolute atomic E-state index is 13.2. The number of aromatic amines is 1. The van der Waals surface area contributed by atoms with Crippen LogP contribution in [0, 0.1) is 0 Å². The van der Waals surface area contributed by atoms with E-state index < -0.39 is 6.10 Å². The molecule has 4 rings (SSSR count). The highest BCUT2D eigenvalue weighted by Gasteiger charge is 2.19. The zero-order chi connectivity index (χ0) is 24.6. The van der Waals surface area contributed by atoms with Gasteiger partial charge >= 0.3 is 0 Å². The Kier molecular flexibility index (Phi) is 9.06. The smallest absolute Gasteiger partial charge is 0.260 e. The highest BCUT2D eigenvalue weighted by molar-refractivity contribution is 7.17. The molecule has 3 heterocycles. The first-order chi connectivity index (χ1) is 17.1. The van der Waals surface area contributed by atoms with Gasteiger partial charge in [0.05, 0.1) is 38.4 Å². The number of allylic oxidation sites excluding steroid dienone is 1. The van der Waals surface area contributed by atoms with Crippen LogP contribution in [-0.2, 0) is 11.3 Å². The summed E-state index contributed by atoms with van der Waals surface area (Å²) < 4.78 is 11.0. The van der Waals surface area contributed by atoms with Crippen LogP contribution in [-0.4, -0.2) is 84.0 Å². The number of H-pyrrole nitrogens is 1. The number of hydrogen-bond donors (Lipinski definition) is 2. The van der Waals surface area contributed by atoms with Crippen LogP contribution in [0.3, 0.4) is 0 Å². The van der Waals surface area contributed by atoms with Crippen LogP contribution in [0.4, 0.5) is 0 Å². The Morgan fingerprint density at radius 1 is 1.34 bits per heavy atom. The molecule has 1 aromatic carbocycles. The summed E-state index contributed by atoms with van der Waals surface area (Å²) in [6.07, 6.45) is 2.78. The van der Waals surface area contributed by atoms with Crippen molar-refractivity contribution in [3.8, 4) is 16.9 Å². The summed E-state index contributed by atoms with van der Waals surface area (Å²) in [5, 5.41) is 13.1. The molecule has 2 N–H and O–H groups in total. The fourth-order valence-corrected chi connectivity index (χ4v) is 5.35. The predicted octanol–water partition coefficient (Wildman–Crippen LogP) is 3.12. The third-order valence-corrected chi connectivity index (χ3v) is 7.14. The monoisotopic (exact) mass is 498 g/mol. The quantitative estimate of drug-likeness (QED) is 0.371. The van der Waals surface area contributed by atoms with Gasteiger partial charge < -0.3 is 19.6 Å². The van der Waals surface area contributed by atoms with E-state index in [0.29, 0.717) is 35.6 Å². The molecule has 1 aliphatic rings. The van der Waals surface area contributed by atoms with E-state index in [2.05, 4.69) is 21.4 Å². The first-order valence-corrected chi connectivity index (χ1v) is 12.9. The number of aromatic nitrogens is 2. The van der Waals surface area contributed by atoms with Gasteiger partial charge in [-0.3, -0.25) is 14.6 Å². The van der Waals surface area contributed by atoms with Crippen molar-refractivity contribution < 1.29 is 14.6 Å². The molecule has 0 amide bonds. The van der Waals surface area contributed by atoms with Crippen LogP contribution in [0.2, 0.25) is 0 Å². The van der Waals surface area contributed by atoms with Crippen molar-refractivity contribution in [3.05, 3.63) is 58.5 Å². The van der Waals surface area contributed by atoms with Crippen molar-refractivity contribution in [3.63, 3.8) is 0 Å². The number of fused-ring (bicyclic) bond motifs is 1. The molecule has 1 aliphatic heterocycles. The van der Waals surface area contributed by atoms with E-state index in [0.717, 1.165) is 62.7 Å². The number of thiophene rings is 1. The van der Waals surface area contributed by atoms with Crippen LogP contribution in [0.5, 0.6) is 5.75 Å². The normalized spacial score (nSPS) is 15.5. The summed E-state index contributed by atoms with van der Waals surface area (Å²) in [5.41, 5.74) is 1.54. The second kappa shape index (κ2) is 12.4. The summed E-state index contributed by atoms with van der Waals surface area (Å²) in [6.45, 7) is 9.69. The summed E-state index contributed by atoms with van der Waals surface area (Å²) in [6, 6.07) is 7.68. The van der Waals surface area contributed by atoms with Crippen LogP contribution < -0.4 is 10.3 Å². The second-order valence-corrected chi connectivity index (χ2v) is 9.61. The Labute approximate surface area is 209 Å². The minimum atomic E-state index is -0.466. The van der Waals surface area contributed by atoms with Gasteiger partial charge in [-0.2, -0.15) is 0 Å². The number of aliphatic hydroxyl groups is 1. The van der Waals surface area contributed by atoms with E-state index in [1.54, 1.807) is 7.11 Å². The van der Waals surface area contributed by atoms with Crippen molar-refractivity contribution in [1.29, 1.82) is 0 Å². The Hall–Kier alpha value is -2.56. The molecule has 188 valence electrons. The Morgan fingerprint density at radius 3 is 2.91 bits per heavy atom. The standard InChI is InChI=1S/C26H34N4O4S/c1-3-4-7-19(31)16-30(11-10-29-12-14-34-15-13-29)17-23-27-25(32)24-21(18-35-26(24)28-23)20-8-5-6-9-22(20)33-2/h3,5-6,8-9,18-19,31H,1,4,7,10-17H2,2H3,(H,27,28,32). The van der Waals surface area contributed by atoms with Crippen molar-refractivity contribution >= 4 is 21.6 Å². The van der Waals surface area contributed by atoms with Gasteiger partial charge in [0.15, 0.2) is 0 Å². The molecule has 9 heteroatoms. The zero-order valence-electron chi connectivity index (χ0n) is 20.2. The Morgan fingerprint density at radius 2 is 2.14 bits per heavy atom. The number of methoxy groups -OCH3 is 1. The molecule has 1 unspecified atom stereocenters. The number of hydrogen-bond acceptors (Lipinski definition) is 8. The third kappa shape index (κ3) is 6.56. The Balaban J connectivity index is 1.55. The maximum atomic E-state index is 13.2. The van der Waals surface area contributed by atoms with Gasteiger partial charge in [-0.15, -0.1) is 17.9 Å². The molecular formula is C26H34N4O4S.